The molecule has 1 amide bonds. The second kappa shape index (κ2) is 10.1. The number of carbonyl (C=O) groups is 2. The molecule has 1 N–H and O–H groups in total. The number of sulfone groups is 1. The zero-order chi connectivity index (χ0) is 24.3. The van der Waals surface area contributed by atoms with E-state index in [1.165, 1.54) is 12.1 Å². The molecule has 6 nitrogen and oxygen atoms in total. The van der Waals surface area contributed by atoms with E-state index >= 15 is 0 Å². The summed E-state index contributed by atoms with van der Waals surface area (Å²) in [6.45, 7) is 1.67. The summed E-state index contributed by atoms with van der Waals surface area (Å²) < 4.78 is 71.6. The van der Waals surface area contributed by atoms with Crippen molar-refractivity contribution >= 4 is 39.0 Å². The fourth-order valence-electron chi connectivity index (χ4n) is 3.60. The van der Waals surface area contributed by atoms with Crippen LogP contribution < -0.4 is 5.32 Å². The lowest BCUT2D eigenvalue weighted by Crippen LogP contribution is -2.31. The zero-order valence-electron chi connectivity index (χ0n) is 17.5. The summed E-state index contributed by atoms with van der Waals surface area (Å²) >= 11 is 6.12. The van der Waals surface area contributed by atoms with Crippen LogP contribution in [0.25, 0.3) is 0 Å². The lowest BCUT2D eigenvalue weighted by atomic mass is 9.97. The summed E-state index contributed by atoms with van der Waals surface area (Å²) in [6, 6.07) is 4.80. The number of carbonyl (C=O) groups excluding carboxylic acids is 2. The second-order valence-corrected chi connectivity index (χ2v) is 10.2. The minimum Gasteiger partial charge on any atom is -0.462 e. The van der Waals surface area contributed by atoms with E-state index in [4.69, 9.17) is 16.3 Å². The monoisotopic (exact) mass is 503 g/mol. The standard InChI is InChI=1S/C22H21ClF3NO5S/c1-2-20(28)32-14-4-6-15(7-5-14)33(30,31)19-9-12(3-8-16(19)23)22(29)27-13-10-17(24)21(26)18(25)11-13/h3,8-11,14-15H,2,4-7H2,1H3,(H,27,29)/t14-,15-. The van der Waals surface area contributed by atoms with Crippen LogP contribution in [-0.4, -0.2) is 31.6 Å². The number of hydrogen-bond donors (Lipinski definition) is 1. The van der Waals surface area contributed by atoms with Crippen molar-refractivity contribution in [2.24, 2.45) is 0 Å². The Balaban J connectivity index is 1.78. The van der Waals surface area contributed by atoms with Gasteiger partial charge in [-0.15, -0.1) is 0 Å². The van der Waals surface area contributed by atoms with Crippen LogP contribution in [0.3, 0.4) is 0 Å². The number of nitrogens with one attached hydrogen (secondary N) is 1. The molecule has 2 aromatic carbocycles. The van der Waals surface area contributed by atoms with Gasteiger partial charge >= 0.3 is 5.97 Å². The summed E-state index contributed by atoms with van der Waals surface area (Å²) in [7, 11) is -3.92. The van der Waals surface area contributed by atoms with Crippen molar-refractivity contribution < 1.29 is 35.9 Å². The summed E-state index contributed by atoms with van der Waals surface area (Å²) in [5.74, 6) is -5.84. The first-order valence-corrected chi connectivity index (χ1v) is 12.1. The van der Waals surface area contributed by atoms with Gasteiger partial charge in [0.1, 0.15) is 6.10 Å². The SMILES string of the molecule is CCC(=O)O[C@H]1CC[C@H](S(=O)(=O)c2cc(C(=O)Nc3cc(F)c(F)c(F)c3)ccc2Cl)CC1. The molecule has 1 aliphatic rings. The number of ether oxygens (including phenoxy) is 1. The van der Waals surface area contributed by atoms with Crippen molar-refractivity contribution in [3.05, 3.63) is 58.4 Å². The average molecular weight is 504 g/mol. The van der Waals surface area contributed by atoms with Gasteiger partial charge in [0.15, 0.2) is 27.3 Å². The lowest BCUT2D eigenvalue weighted by Gasteiger charge is -2.28. The van der Waals surface area contributed by atoms with Crippen LogP contribution in [0.4, 0.5) is 18.9 Å². The molecule has 0 bridgehead atoms. The molecule has 0 spiro atoms. The Bertz CT molecular complexity index is 1160. The van der Waals surface area contributed by atoms with Gasteiger partial charge in [0, 0.05) is 29.8 Å². The van der Waals surface area contributed by atoms with E-state index < -0.39 is 38.4 Å². The van der Waals surface area contributed by atoms with Crippen LogP contribution in [0.2, 0.25) is 5.02 Å². The summed E-state index contributed by atoms with van der Waals surface area (Å²) in [4.78, 5) is 23.7. The van der Waals surface area contributed by atoms with Gasteiger partial charge in [0.2, 0.25) is 0 Å². The zero-order valence-corrected chi connectivity index (χ0v) is 19.1. The number of benzene rings is 2. The van der Waals surface area contributed by atoms with Crippen LogP contribution in [0.1, 0.15) is 49.4 Å². The third kappa shape index (κ3) is 5.67. The maximum Gasteiger partial charge on any atom is 0.305 e. The molecule has 0 aliphatic heterocycles. The van der Waals surface area contributed by atoms with Crippen molar-refractivity contribution in [2.45, 2.75) is 55.3 Å². The molecular weight excluding hydrogens is 483 g/mol. The predicted molar refractivity (Wildman–Crippen MR) is 115 cm³/mol. The van der Waals surface area contributed by atoms with Crippen LogP contribution in [-0.2, 0) is 19.4 Å². The Morgan fingerprint density at radius 3 is 2.24 bits per heavy atom. The third-order valence-electron chi connectivity index (χ3n) is 5.39. The average Bonchev–Trinajstić information content (AvgIpc) is 2.77. The highest BCUT2D eigenvalue weighted by Crippen LogP contribution is 2.34. The second-order valence-electron chi connectivity index (χ2n) is 7.64. The highest BCUT2D eigenvalue weighted by Gasteiger charge is 2.34. The Labute approximate surface area is 194 Å². The summed E-state index contributed by atoms with van der Waals surface area (Å²) in [6.07, 6.45) is 1.17. The molecule has 0 saturated heterocycles. The normalized spacial score (nSPS) is 18.6. The third-order valence-corrected chi connectivity index (χ3v) is 8.13. The molecule has 0 aromatic heterocycles. The topological polar surface area (TPSA) is 89.5 Å². The number of amides is 1. The first kappa shape index (κ1) is 25.0. The predicted octanol–water partition coefficient (Wildman–Crippen LogP) is 5.05. The number of esters is 1. The molecule has 2 aromatic rings. The van der Waals surface area contributed by atoms with Gasteiger partial charge in [0.25, 0.3) is 5.91 Å². The van der Waals surface area contributed by atoms with E-state index in [2.05, 4.69) is 5.32 Å². The van der Waals surface area contributed by atoms with E-state index in [1.807, 2.05) is 0 Å². The molecule has 0 heterocycles. The molecule has 1 saturated carbocycles. The smallest absolute Gasteiger partial charge is 0.305 e. The number of hydrogen-bond acceptors (Lipinski definition) is 5. The first-order valence-electron chi connectivity index (χ1n) is 10.2. The molecular formula is C22H21ClF3NO5S. The highest BCUT2D eigenvalue weighted by atomic mass is 35.5. The van der Waals surface area contributed by atoms with Crippen molar-refractivity contribution in [2.75, 3.05) is 5.32 Å². The van der Waals surface area contributed by atoms with Crippen molar-refractivity contribution in [1.29, 1.82) is 0 Å². The Kier molecular flexibility index (Phi) is 7.69. The van der Waals surface area contributed by atoms with Gasteiger partial charge < -0.3 is 10.1 Å². The van der Waals surface area contributed by atoms with Gasteiger partial charge in [-0.3, -0.25) is 9.59 Å². The molecule has 0 unspecified atom stereocenters. The Morgan fingerprint density at radius 2 is 1.67 bits per heavy atom. The van der Waals surface area contributed by atoms with E-state index in [0.29, 0.717) is 25.0 Å². The molecule has 11 heteroatoms. The maximum atomic E-state index is 13.4. The number of anilines is 1. The van der Waals surface area contributed by atoms with Gasteiger partial charge in [-0.1, -0.05) is 18.5 Å². The first-order chi connectivity index (χ1) is 15.5. The van der Waals surface area contributed by atoms with Crippen LogP contribution in [0, 0.1) is 17.5 Å². The molecule has 178 valence electrons. The fraction of sp³-hybridized carbons (Fsp3) is 0.364. The lowest BCUT2D eigenvalue weighted by molar-refractivity contribution is -0.150. The molecule has 1 aliphatic carbocycles. The van der Waals surface area contributed by atoms with Gasteiger partial charge in [-0.05, 0) is 43.9 Å². The number of rotatable bonds is 6. The fourth-order valence-corrected chi connectivity index (χ4v) is 5.93. The van der Waals surface area contributed by atoms with Gasteiger partial charge in [-0.2, -0.15) is 0 Å². The van der Waals surface area contributed by atoms with Gasteiger partial charge in [-0.25, -0.2) is 21.6 Å². The van der Waals surface area contributed by atoms with Gasteiger partial charge in [0.05, 0.1) is 15.2 Å². The van der Waals surface area contributed by atoms with E-state index in [0.717, 1.165) is 6.07 Å². The quantitative estimate of drug-likeness (QED) is 0.440. The summed E-state index contributed by atoms with van der Waals surface area (Å²) in [5, 5.41) is 1.35. The van der Waals surface area contributed by atoms with Crippen molar-refractivity contribution in [1.82, 2.24) is 0 Å². The van der Waals surface area contributed by atoms with Crippen LogP contribution in [0.5, 0.6) is 0 Å². The van der Waals surface area contributed by atoms with Crippen LogP contribution >= 0.6 is 11.6 Å². The maximum absolute atomic E-state index is 13.4. The minimum atomic E-state index is -3.92. The Morgan fingerprint density at radius 1 is 1.06 bits per heavy atom. The van der Waals surface area contributed by atoms with E-state index in [-0.39, 0.29) is 52.5 Å². The molecule has 1 fully saturated rings. The molecule has 0 atom stereocenters. The largest absolute Gasteiger partial charge is 0.462 e. The molecule has 0 radical (unpaired) electrons. The summed E-state index contributed by atoms with van der Waals surface area (Å²) in [5.41, 5.74) is -0.454. The minimum absolute atomic E-state index is 0.0787. The number of halogens is 4. The highest BCUT2D eigenvalue weighted by molar-refractivity contribution is 7.92. The molecule has 3 rings (SSSR count). The molecule has 33 heavy (non-hydrogen) atoms. The van der Waals surface area contributed by atoms with E-state index in [9.17, 15) is 31.2 Å². The van der Waals surface area contributed by atoms with Crippen LogP contribution in [0.15, 0.2) is 35.2 Å². The van der Waals surface area contributed by atoms with E-state index in [1.54, 1.807) is 6.92 Å². The van der Waals surface area contributed by atoms with Crippen molar-refractivity contribution in [3.63, 3.8) is 0 Å². The van der Waals surface area contributed by atoms with Crippen molar-refractivity contribution in [3.8, 4) is 0 Å². The Hall–Kier alpha value is -2.59.